The Morgan fingerprint density at radius 1 is 0.700 bits per heavy atom. The molecule has 4 aromatic carbocycles. The van der Waals surface area contributed by atoms with Crippen LogP contribution in [-0.2, 0) is 6.42 Å². The topological polar surface area (TPSA) is 12.0 Å². The largest absolute Gasteiger partial charge is 0.393 e. The molecule has 0 amide bonds. The smallest absolute Gasteiger partial charge is 0.00413 e. The summed E-state index contributed by atoms with van der Waals surface area (Å²) in [6.45, 7) is 10.2. The molecule has 0 radical (unpaired) electrons. The van der Waals surface area contributed by atoms with Crippen molar-refractivity contribution < 1.29 is 0 Å². The third-order valence-electron chi connectivity index (χ3n) is 5.09. The Kier molecular flexibility index (Phi) is 9.15. The molecule has 4 rings (SSSR count). The second-order valence-electron chi connectivity index (χ2n) is 6.71. The van der Waals surface area contributed by atoms with Gasteiger partial charge in [-0.15, -0.1) is 0 Å². The molecule has 1 N–H and O–H groups in total. The zero-order valence-corrected chi connectivity index (χ0v) is 19.3. The summed E-state index contributed by atoms with van der Waals surface area (Å²) >= 11 is 0. The molecule has 30 heavy (non-hydrogen) atoms. The molecule has 0 bridgehead atoms. The van der Waals surface area contributed by atoms with Gasteiger partial charge in [0.05, 0.1) is 0 Å². The first-order valence-electron chi connectivity index (χ1n) is 11.1. The summed E-state index contributed by atoms with van der Waals surface area (Å²) in [5, 5.41) is 10.9. The van der Waals surface area contributed by atoms with Crippen LogP contribution in [0.3, 0.4) is 0 Å². The maximum Gasteiger partial charge on any atom is 0.00413 e. The summed E-state index contributed by atoms with van der Waals surface area (Å²) in [6, 6.07) is 26.1. The molecule has 0 saturated carbocycles. The number of fused-ring (bicyclic) bond motifs is 2. The summed E-state index contributed by atoms with van der Waals surface area (Å²) in [5.41, 5.74) is 2.76. The first-order chi connectivity index (χ1) is 14.8. The summed E-state index contributed by atoms with van der Waals surface area (Å²) in [5.74, 6) is 0. The van der Waals surface area contributed by atoms with Crippen LogP contribution >= 0.6 is 0 Å². The molecule has 0 aromatic heterocycles. The SMILES string of the molecule is CC.CC.CN/C=c1/ccc2ccccc2/c1=C/Cc1c(C)ccc2ccccc12. The highest BCUT2D eigenvalue weighted by Crippen LogP contribution is 2.23. The second-order valence-corrected chi connectivity index (χ2v) is 6.71. The number of hydrogen-bond acceptors (Lipinski definition) is 1. The van der Waals surface area contributed by atoms with Crippen LogP contribution in [0, 0.1) is 6.92 Å². The highest BCUT2D eigenvalue weighted by molar-refractivity contribution is 5.88. The first-order valence-corrected chi connectivity index (χ1v) is 11.1. The van der Waals surface area contributed by atoms with Crippen LogP contribution in [-0.4, -0.2) is 7.05 Å². The summed E-state index contributed by atoms with van der Waals surface area (Å²) in [6.07, 6.45) is 5.38. The second kappa shape index (κ2) is 11.8. The number of rotatable bonds is 3. The van der Waals surface area contributed by atoms with E-state index in [4.69, 9.17) is 0 Å². The van der Waals surface area contributed by atoms with Gasteiger partial charge in [0.25, 0.3) is 0 Å². The van der Waals surface area contributed by atoms with Crippen molar-refractivity contribution >= 4 is 33.8 Å². The van der Waals surface area contributed by atoms with Crippen molar-refractivity contribution in [2.45, 2.75) is 41.0 Å². The number of benzene rings is 4. The molecule has 156 valence electrons. The fourth-order valence-corrected chi connectivity index (χ4v) is 3.74. The predicted molar refractivity (Wildman–Crippen MR) is 136 cm³/mol. The number of nitrogens with one attached hydrogen (secondary N) is 1. The molecule has 1 heteroatoms. The van der Waals surface area contributed by atoms with Crippen LogP contribution in [0.1, 0.15) is 38.8 Å². The zero-order valence-electron chi connectivity index (χ0n) is 19.3. The first kappa shape index (κ1) is 23.2. The molecule has 0 aliphatic rings. The molecule has 0 fully saturated rings. The third kappa shape index (κ3) is 5.10. The highest BCUT2D eigenvalue weighted by Gasteiger charge is 2.04. The minimum Gasteiger partial charge on any atom is -0.393 e. The van der Waals surface area contributed by atoms with Crippen LogP contribution in [0.25, 0.3) is 33.8 Å². The molecular weight excluding hydrogens is 362 g/mol. The maximum absolute atomic E-state index is 3.18. The van der Waals surface area contributed by atoms with Crippen molar-refractivity contribution in [3.63, 3.8) is 0 Å². The van der Waals surface area contributed by atoms with Crippen LogP contribution < -0.4 is 15.8 Å². The van der Waals surface area contributed by atoms with Crippen molar-refractivity contribution in [3.05, 3.63) is 94.4 Å². The quantitative estimate of drug-likeness (QED) is 0.426. The number of hydrogen-bond donors (Lipinski definition) is 1. The molecule has 0 aliphatic carbocycles. The lowest BCUT2D eigenvalue weighted by Crippen LogP contribution is -2.27. The van der Waals surface area contributed by atoms with Crippen molar-refractivity contribution in [2.24, 2.45) is 0 Å². The summed E-state index contributed by atoms with van der Waals surface area (Å²) in [7, 11) is 1.95. The molecule has 0 aliphatic heterocycles. The van der Waals surface area contributed by atoms with Gasteiger partial charge >= 0.3 is 0 Å². The fraction of sp³-hybridized carbons (Fsp3) is 0.241. The highest BCUT2D eigenvalue weighted by atomic mass is 14.8. The van der Waals surface area contributed by atoms with Crippen molar-refractivity contribution in [1.82, 2.24) is 5.32 Å². The van der Waals surface area contributed by atoms with E-state index in [1.54, 1.807) is 0 Å². The molecule has 1 nitrogen and oxygen atoms in total. The van der Waals surface area contributed by atoms with Gasteiger partial charge in [-0.25, -0.2) is 0 Å². The molecule has 4 aromatic rings. The van der Waals surface area contributed by atoms with Crippen LogP contribution in [0.4, 0.5) is 0 Å². The van der Waals surface area contributed by atoms with E-state index < -0.39 is 0 Å². The van der Waals surface area contributed by atoms with E-state index in [1.807, 2.05) is 34.7 Å². The van der Waals surface area contributed by atoms with E-state index >= 15 is 0 Å². The standard InChI is InChI=1S/C25H23N.2C2H6/c1-18-11-12-19-7-3-5-9-23(19)22(18)15-16-25-21(17-26-2)14-13-20-8-4-6-10-24(20)25;2*1-2/h3-14,16-17,26H,15H2,1-2H3;2*1-2H3/b21-17-,25-16+;;. The fourth-order valence-electron chi connectivity index (χ4n) is 3.74. The van der Waals surface area contributed by atoms with Gasteiger partial charge < -0.3 is 5.32 Å². The van der Waals surface area contributed by atoms with Gasteiger partial charge in [-0.3, -0.25) is 0 Å². The Labute approximate surface area is 181 Å². The molecule has 0 unspecified atom stereocenters. The van der Waals surface area contributed by atoms with Gasteiger partial charge in [-0.2, -0.15) is 0 Å². The zero-order chi connectivity index (χ0) is 21.9. The lowest BCUT2D eigenvalue weighted by Gasteiger charge is -2.09. The van der Waals surface area contributed by atoms with Gasteiger partial charge in [-0.05, 0) is 56.5 Å². The Morgan fingerprint density at radius 3 is 1.93 bits per heavy atom. The van der Waals surface area contributed by atoms with Gasteiger partial charge in [0, 0.05) is 13.2 Å². The lowest BCUT2D eigenvalue weighted by molar-refractivity contribution is 1.17. The Bertz CT molecular complexity index is 1200. The Morgan fingerprint density at radius 2 is 1.27 bits per heavy atom. The molecular formula is C29H35N. The summed E-state index contributed by atoms with van der Waals surface area (Å²) < 4.78 is 0. The molecule has 0 spiro atoms. The van der Waals surface area contributed by atoms with Crippen molar-refractivity contribution in [2.75, 3.05) is 7.05 Å². The predicted octanol–water partition coefficient (Wildman–Crippen LogP) is 6.33. The van der Waals surface area contributed by atoms with Crippen molar-refractivity contribution in [1.29, 1.82) is 0 Å². The van der Waals surface area contributed by atoms with E-state index in [2.05, 4.69) is 97.3 Å². The van der Waals surface area contributed by atoms with Gasteiger partial charge in [0.2, 0.25) is 0 Å². The lowest BCUT2D eigenvalue weighted by atomic mass is 9.96. The van der Waals surface area contributed by atoms with E-state index in [9.17, 15) is 0 Å². The van der Waals surface area contributed by atoms with Crippen LogP contribution in [0.15, 0.2) is 72.8 Å². The van der Waals surface area contributed by atoms with E-state index in [0.29, 0.717) is 0 Å². The van der Waals surface area contributed by atoms with Gasteiger partial charge in [0.1, 0.15) is 0 Å². The molecule has 0 saturated heterocycles. The van der Waals surface area contributed by atoms with Gasteiger partial charge in [-0.1, -0.05) is 107 Å². The third-order valence-corrected chi connectivity index (χ3v) is 5.09. The Balaban J connectivity index is 0.000000757. The van der Waals surface area contributed by atoms with Crippen LogP contribution in [0.2, 0.25) is 0 Å². The molecule has 0 heterocycles. The molecule has 0 atom stereocenters. The summed E-state index contributed by atoms with van der Waals surface area (Å²) in [4.78, 5) is 0. The monoisotopic (exact) mass is 397 g/mol. The van der Waals surface area contributed by atoms with E-state index in [1.165, 1.54) is 43.1 Å². The number of aryl methyl sites for hydroxylation is 1. The maximum atomic E-state index is 3.18. The van der Waals surface area contributed by atoms with Crippen molar-refractivity contribution in [3.8, 4) is 0 Å². The van der Waals surface area contributed by atoms with Crippen LogP contribution in [0.5, 0.6) is 0 Å². The van der Waals surface area contributed by atoms with Gasteiger partial charge in [0.15, 0.2) is 0 Å². The van der Waals surface area contributed by atoms with E-state index in [0.717, 1.165) is 6.42 Å². The normalized spacial score (nSPS) is 11.5. The minimum atomic E-state index is 0.922. The Hall–Kier alpha value is -3.06. The average molecular weight is 398 g/mol. The average Bonchev–Trinajstić information content (AvgIpc) is 2.82. The minimum absolute atomic E-state index is 0.922. The van der Waals surface area contributed by atoms with E-state index in [-0.39, 0.29) is 0 Å².